The lowest BCUT2D eigenvalue weighted by atomic mass is 10.2. The van der Waals surface area contributed by atoms with E-state index in [4.69, 9.17) is 0 Å². The first-order valence-corrected chi connectivity index (χ1v) is 6.60. The topological polar surface area (TPSA) is 52.6 Å². The number of hydrogen-bond acceptors (Lipinski definition) is 4. The minimum atomic E-state index is -0.0463. The van der Waals surface area contributed by atoms with Crippen LogP contribution in [0.4, 0.5) is 0 Å². The van der Waals surface area contributed by atoms with Crippen LogP contribution in [-0.2, 0) is 19.1 Å². The van der Waals surface area contributed by atoms with Gasteiger partial charge in [0.25, 0.3) is 0 Å². The summed E-state index contributed by atoms with van der Waals surface area (Å²) in [5.74, 6) is -0.0822. The predicted octanol–water partition coefficient (Wildman–Crippen LogP) is 3.09. The summed E-state index contributed by atoms with van der Waals surface area (Å²) >= 11 is 0. The Morgan fingerprint density at radius 2 is 1.12 bits per heavy atom. The molecule has 2 saturated heterocycles. The first kappa shape index (κ1) is 18.3. The SMILES string of the molecule is CC.CC.O=C1CCCCO1.O=C1CCCO1. The van der Waals surface area contributed by atoms with Gasteiger partial charge in [-0.05, 0) is 19.3 Å². The molecule has 0 aromatic rings. The van der Waals surface area contributed by atoms with E-state index in [9.17, 15) is 9.59 Å². The third kappa shape index (κ3) is 12.9. The summed E-state index contributed by atoms with van der Waals surface area (Å²) in [4.78, 5) is 20.3. The Morgan fingerprint density at radius 1 is 0.706 bits per heavy atom. The second-order valence-corrected chi connectivity index (χ2v) is 3.00. The van der Waals surface area contributed by atoms with E-state index < -0.39 is 0 Å². The molecule has 0 bridgehead atoms. The molecule has 0 spiro atoms. The zero-order valence-electron chi connectivity index (χ0n) is 11.6. The Labute approximate surface area is 105 Å². The van der Waals surface area contributed by atoms with Crippen molar-refractivity contribution in [2.24, 2.45) is 0 Å². The highest BCUT2D eigenvalue weighted by Crippen LogP contribution is 2.04. The van der Waals surface area contributed by atoms with E-state index in [0.29, 0.717) is 26.1 Å². The maximum Gasteiger partial charge on any atom is 0.305 e. The second kappa shape index (κ2) is 14.9. The van der Waals surface area contributed by atoms with Crippen LogP contribution in [0.1, 0.15) is 59.8 Å². The van der Waals surface area contributed by atoms with Gasteiger partial charge in [0.1, 0.15) is 0 Å². The number of rotatable bonds is 0. The van der Waals surface area contributed by atoms with Crippen molar-refractivity contribution in [3.05, 3.63) is 0 Å². The summed E-state index contributed by atoms with van der Waals surface area (Å²) in [5, 5.41) is 0. The highest BCUT2D eigenvalue weighted by atomic mass is 16.5. The van der Waals surface area contributed by atoms with Gasteiger partial charge in [-0.3, -0.25) is 9.59 Å². The average Bonchev–Trinajstić information content (AvgIpc) is 2.87. The van der Waals surface area contributed by atoms with Crippen LogP contribution in [0.3, 0.4) is 0 Å². The number of esters is 2. The van der Waals surface area contributed by atoms with Crippen LogP contribution in [0.15, 0.2) is 0 Å². The van der Waals surface area contributed by atoms with Gasteiger partial charge in [0.2, 0.25) is 0 Å². The molecular formula is C13H26O4. The number of ether oxygens (including phenoxy) is 2. The van der Waals surface area contributed by atoms with Crippen molar-refractivity contribution >= 4 is 11.9 Å². The van der Waals surface area contributed by atoms with Crippen molar-refractivity contribution in [2.75, 3.05) is 13.2 Å². The molecule has 2 rings (SSSR count). The highest BCUT2D eigenvalue weighted by molar-refractivity contribution is 5.70. The summed E-state index contributed by atoms with van der Waals surface area (Å²) in [6, 6.07) is 0. The molecule has 17 heavy (non-hydrogen) atoms. The third-order valence-electron chi connectivity index (χ3n) is 1.83. The van der Waals surface area contributed by atoms with Crippen molar-refractivity contribution < 1.29 is 19.1 Å². The normalized spacial score (nSPS) is 16.9. The van der Waals surface area contributed by atoms with E-state index in [1.807, 2.05) is 27.7 Å². The lowest BCUT2D eigenvalue weighted by Gasteiger charge is -2.08. The molecule has 2 aliphatic rings. The minimum absolute atomic E-state index is 0.0359. The van der Waals surface area contributed by atoms with Crippen LogP contribution < -0.4 is 0 Å². The largest absolute Gasteiger partial charge is 0.466 e. The number of carbonyl (C=O) groups is 2. The van der Waals surface area contributed by atoms with E-state index in [2.05, 4.69) is 9.47 Å². The van der Waals surface area contributed by atoms with Crippen LogP contribution in [-0.4, -0.2) is 25.2 Å². The molecule has 0 N–H and O–H groups in total. The molecule has 2 fully saturated rings. The van der Waals surface area contributed by atoms with E-state index in [1.165, 1.54) is 0 Å². The fourth-order valence-corrected chi connectivity index (χ4v) is 1.10. The van der Waals surface area contributed by atoms with Gasteiger partial charge in [-0.25, -0.2) is 0 Å². The molecule has 102 valence electrons. The van der Waals surface area contributed by atoms with Crippen LogP contribution in [0.25, 0.3) is 0 Å². The predicted molar refractivity (Wildman–Crippen MR) is 67.7 cm³/mol. The van der Waals surface area contributed by atoms with Crippen molar-refractivity contribution in [2.45, 2.75) is 59.8 Å². The summed E-state index contributed by atoms with van der Waals surface area (Å²) in [6.45, 7) is 9.28. The van der Waals surface area contributed by atoms with E-state index in [-0.39, 0.29) is 11.9 Å². The lowest BCUT2D eigenvalue weighted by Crippen LogP contribution is -2.10. The van der Waals surface area contributed by atoms with Gasteiger partial charge in [0.05, 0.1) is 13.2 Å². The standard InChI is InChI=1S/C5H8O2.C4H6O2.2C2H6/c6-5-3-1-2-4-7-5;5-4-2-1-3-6-4;2*1-2/h1-4H2;1-3H2;2*1-2H3. The Morgan fingerprint density at radius 3 is 1.29 bits per heavy atom. The first-order valence-electron chi connectivity index (χ1n) is 6.60. The average molecular weight is 246 g/mol. The fourth-order valence-electron chi connectivity index (χ4n) is 1.10. The van der Waals surface area contributed by atoms with Crippen molar-refractivity contribution in [1.29, 1.82) is 0 Å². The monoisotopic (exact) mass is 246 g/mol. The molecule has 0 radical (unpaired) electrons. The molecule has 0 saturated carbocycles. The quantitative estimate of drug-likeness (QED) is 0.616. The van der Waals surface area contributed by atoms with Crippen LogP contribution in [0.5, 0.6) is 0 Å². The van der Waals surface area contributed by atoms with Gasteiger partial charge < -0.3 is 9.47 Å². The van der Waals surface area contributed by atoms with Crippen molar-refractivity contribution in [3.8, 4) is 0 Å². The van der Waals surface area contributed by atoms with E-state index in [1.54, 1.807) is 0 Å². The van der Waals surface area contributed by atoms with Crippen molar-refractivity contribution in [1.82, 2.24) is 0 Å². The van der Waals surface area contributed by atoms with Gasteiger partial charge in [-0.1, -0.05) is 27.7 Å². The molecule has 0 aromatic carbocycles. The Balaban J connectivity index is 0. The molecule has 4 heteroatoms. The number of carbonyl (C=O) groups excluding carboxylic acids is 2. The molecule has 4 nitrogen and oxygen atoms in total. The lowest BCUT2D eigenvalue weighted by molar-refractivity contribution is -0.146. The minimum Gasteiger partial charge on any atom is -0.466 e. The van der Waals surface area contributed by atoms with E-state index in [0.717, 1.165) is 19.3 Å². The Bertz CT molecular complexity index is 174. The summed E-state index contributed by atoms with van der Waals surface area (Å²) in [6.07, 6.45) is 4.23. The third-order valence-corrected chi connectivity index (χ3v) is 1.83. The van der Waals surface area contributed by atoms with Gasteiger partial charge in [0.15, 0.2) is 0 Å². The fraction of sp³-hybridized carbons (Fsp3) is 0.846. The molecule has 0 aromatic heterocycles. The number of hydrogen-bond donors (Lipinski definition) is 0. The molecular weight excluding hydrogens is 220 g/mol. The maximum absolute atomic E-state index is 10.2. The summed E-state index contributed by atoms with van der Waals surface area (Å²) < 4.78 is 9.15. The molecule has 2 heterocycles. The maximum atomic E-state index is 10.2. The number of cyclic esters (lactones) is 2. The van der Waals surface area contributed by atoms with Gasteiger partial charge in [-0.15, -0.1) is 0 Å². The molecule has 0 aliphatic carbocycles. The molecule has 0 unspecified atom stereocenters. The first-order chi connectivity index (χ1) is 8.29. The molecule has 0 atom stereocenters. The van der Waals surface area contributed by atoms with Crippen molar-refractivity contribution in [3.63, 3.8) is 0 Å². The molecule has 2 aliphatic heterocycles. The summed E-state index contributed by atoms with van der Waals surface area (Å²) in [7, 11) is 0. The van der Waals surface area contributed by atoms with Crippen LogP contribution >= 0.6 is 0 Å². The second-order valence-electron chi connectivity index (χ2n) is 3.00. The van der Waals surface area contributed by atoms with E-state index >= 15 is 0 Å². The highest BCUT2D eigenvalue weighted by Gasteiger charge is 2.08. The van der Waals surface area contributed by atoms with Gasteiger partial charge >= 0.3 is 11.9 Å². The van der Waals surface area contributed by atoms with Crippen LogP contribution in [0, 0.1) is 0 Å². The van der Waals surface area contributed by atoms with Crippen LogP contribution in [0.2, 0.25) is 0 Å². The summed E-state index contributed by atoms with van der Waals surface area (Å²) in [5.41, 5.74) is 0. The van der Waals surface area contributed by atoms with Gasteiger partial charge in [0, 0.05) is 12.8 Å². The molecule has 0 amide bonds. The zero-order chi connectivity index (χ0) is 13.5. The smallest absolute Gasteiger partial charge is 0.305 e. The Kier molecular flexibility index (Phi) is 16.1. The Hall–Kier alpha value is -1.06. The zero-order valence-corrected chi connectivity index (χ0v) is 11.6. The van der Waals surface area contributed by atoms with Gasteiger partial charge in [-0.2, -0.15) is 0 Å².